The van der Waals surface area contributed by atoms with Gasteiger partial charge in [0.05, 0.1) is 14.2 Å². The van der Waals surface area contributed by atoms with E-state index in [0.717, 1.165) is 35.3 Å². The Hall–Kier alpha value is -3.06. The maximum atomic E-state index is 13.3. The molecule has 4 aromatic rings. The van der Waals surface area contributed by atoms with Crippen LogP contribution in [0.1, 0.15) is 22.4 Å². The zero-order chi connectivity index (χ0) is 23.9. The van der Waals surface area contributed by atoms with Gasteiger partial charge in [-0.3, -0.25) is 4.72 Å². The van der Waals surface area contributed by atoms with E-state index in [0.29, 0.717) is 28.6 Å². The molecule has 0 unspecified atom stereocenters. The summed E-state index contributed by atoms with van der Waals surface area (Å²) in [6, 6.07) is 6.65. The van der Waals surface area contributed by atoms with Gasteiger partial charge in [0.1, 0.15) is 27.5 Å². The molecular weight excluding hydrogens is 516 g/mol. The van der Waals surface area contributed by atoms with Crippen molar-refractivity contribution >= 4 is 50.6 Å². The van der Waals surface area contributed by atoms with Crippen molar-refractivity contribution in [2.45, 2.75) is 30.7 Å². The lowest BCUT2D eigenvalue weighted by Crippen LogP contribution is -2.15. The molecule has 0 spiro atoms. The smallest absolute Gasteiger partial charge is 0.278 e. The number of hydrogen-bond acceptors (Lipinski definition) is 10. The molecule has 0 saturated carbocycles. The van der Waals surface area contributed by atoms with Gasteiger partial charge in [-0.25, -0.2) is 13.4 Å². The molecule has 0 fully saturated rings. The number of thiazole rings is 1. The Bertz CT molecular complexity index is 1480. The van der Waals surface area contributed by atoms with E-state index in [2.05, 4.69) is 14.9 Å². The number of rotatable bonds is 8. The minimum Gasteiger partial charge on any atom is -0.496 e. The molecule has 186 valence electrons. The van der Waals surface area contributed by atoms with Gasteiger partial charge in [-0.1, -0.05) is 16.5 Å². The van der Waals surface area contributed by atoms with Gasteiger partial charge >= 0.3 is 0 Å². The summed E-state index contributed by atoms with van der Waals surface area (Å²) in [5.41, 5.74) is 8.02. The fourth-order valence-corrected chi connectivity index (χ4v) is 5.83. The Kier molecular flexibility index (Phi) is 7.08. The van der Waals surface area contributed by atoms with E-state index < -0.39 is 10.0 Å². The first-order chi connectivity index (χ1) is 16.4. The fourth-order valence-electron chi connectivity index (χ4n) is 3.96. The number of aryl methyl sites for hydroxylation is 2. The predicted octanol–water partition coefficient (Wildman–Crippen LogP) is 4.26. The Morgan fingerprint density at radius 1 is 1.11 bits per heavy atom. The highest BCUT2D eigenvalue weighted by atomic mass is 35.5. The van der Waals surface area contributed by atoms with E-state index in [-0.39, 0.29) is 34.5 Å². The Morgan fingerprint density at radius 3 is 2.54 bits per heavy atom. The third kappa shape index (κ3) is 4.74. The summed E-state index contributed by atoms with van der Waals surface area (Å²) in [6.07, 6.45) is 4.37. The fraction of sp³-hybridized carbons (Fsp3) is 0.273. The van der Waals surface area contributed by atoms with Crippen molar-refractivity contribution in [3.05, 3.63) is 46.5 Å². The maximum absolute atomic E-state index is 13.3. The van der Waals surface area contributed by atoms with E-state index >= 15 is 0 Å². The van der Waals surface area contributed by atoms with Crippen LogP contribution in [-0.4, -0.2) is 32.8 Å². The predicted molar refractivity (Wildman–Crippen MR) is 134 cm³/mol. The monoisotopic (exact) mass is 538 g/mol. The standard InChI is InChI=1S/C22H22N4O6S2.ClH/c1-29-16-6-12-4-3-5-13(12)7-19(16)34(27,28)26-21-20-17(30-2)8-14(9-18(20)32-25-21)31-22-24-11-15(10-23)33-22;/h6-9,11H,3-5,10,23H2,1-2H3,(H,25,26);1H. The lowest BCUT2D eigenvalue weighted by atomic mass is 10.1. The van der Waals surface area contributed by atoms with Crippen LogP contribution >= 0.6 is 23.7 Å². The third-order valence-electron chi connectivity index (χ3n) is 5.57. The van der Waals surface area contributed by atoms with Crippen LogP contribution in [-0.2, 0) is 29.4 Å². The van der Waals surface area contributed by atoms with E-state index in [4.69, 9.17) is 24.5 Å². The van der Waals surface area contributed by atoms with Crippen LogP contribution in [0.4, 0.5) is 5.82 Å². The molecule has 35 heavy (non-hydrogen) atoms. The van der Waals surface area contributed by atoms with Crippen LogP contribution in [0.25, 0.3) is 11.0 Å². The second-order valence-corrected chi connectivity index (χ2v) is 10.4. The number of ether oxygens (including phenoxy) is 3. The average molecular weight is 539 g/mol. The van der Waals surface area contributed by atoms with Crippen LogP contribution in [0.15, 0.2) is 39.9 Å². The number of fused-ring (bicyclic) bond motifs is 2. The molecule has 3 N–H and O–H groups in total. The van der Waals surface area contributed by atoms with Crippen molar-refractivity contribution in [1.29, 1.82) is 0 Å². The second-order valence-electron chi connectivity index (χ2n) is 7.66. The lowest BCUT2D eigenvalue weighted by Gasteiger charge is -2.13. The Morgan fingerprint density at radius 2 is 1.86 bits per heavy atom. The van der Waals surface area contributed by atoms with E-state index in [1.807, 2.05) is 0 Å². The molecule has 0 aliphatic heterocycles. The molecule has 0 radical (unpaired) electrons. The van der Waals surface area contributed by atoms with Gasteiger partial charge in [-0.05, 0) is 42.5 Å². The molecule has 0 saturated heterocycles. The number of sulfonamides is 1. The van der Waals surface area contributed by atoms with Crippen molar-refractivity contribution < 1.29 is 27.2 Å². The summed E-state index contributed by atoms with van der Waals surface area (Å²) in [5.74, 6) is 1.00. The molecule has 1 aliphatic rings. The molecule has 5 rings (SSSR count). The van der Waals surface area contributed by atoms with Crippen LogP contribution in [0.3, 0.4) is 0 Å². The van der Waals surface area contributed by atoms with Gasteiger partial charge in [0, 0.05) is 29.8 Å². The highest BCUT2D eigenvalue weighted by Gasteiger charge is 2.27. The second kappa shape index (κ2) is 9.90. The first-order valence-corrected chi connectivity index (χ1v) is 12.7. The summed E-state index contributed by atoms with van der Waals surface area (Å²) in [6.45, 7) is 0.365. The topological polar surface area (TPSA) is 139 Å². The van der Waals surface area contributed by atoms with Crippen molar-refractivity contribution in [2.24, 2.45) is 5.73 Å². The Balaban J connectivity index is 0.00000289. The molecule has 2 heterocycles. The first kappa shape index (κ1) is 25.0. The summed E-state index contributed by atoms with van der Waals surface area (Å²) in [5, 5.41) is 4.71. The van der Waals surface area contributed by atoms with Gasteiger partial charge in [0.25, 0.3) is 15.2 Å². The SMILES string of the molecule is COc1cc2c(cc1S(=O)(=O)Nc1noc3cc(Oc4ncc(CN)s4)cc(OC)c13)CCC2.Cl. The molecule has 13 heteroatoms. The van der Waals surface area contributed by atoms with Gasteiger partial charge in [0.15, 0.2) is 11.4 Å². The number of benzene rings is 2. The Labute approximate surface area is 211 Å². The number of nitrogens with two attached hydrogens (primary N) is 1. The van der Waals surface area contributed by atoms with E-state index in [9.17, 15) is 8.42 Å². The number of halogens is 1. The summed E-state index contributed by atoms with van der Waals surface area (Å²) >= 11 is 1.32. The molecule has 2 aromatic heterocycles. The maximum Gasteiger partial charge on any atom is 0.278 e. The quantitative estimate of drug-likeness (QED) is 0.336. The number of nitrogens with one attached hydrogen (secondary N) is 1. The summed E-state index contributed by atoms with van der Waals surface area (Å²) < 4.78 is 51.2. The molecule has 0 amide bonds. The zero-order valence-electron chi connectivity index (χ0n) is 18.9. The first-order valence-electron chi connectivity index (χ1n) is 10.4. The molecule has 2 aromatic carbocycles. The van der Waals surface area contributed by atoms with Crippen LogP contribution in [0.2, 0.25) is 0 Å². The number of anilines is 1. The summed E-state index contributed by atoms with van der Waals surface area (Å²) in [7, 11) is -1.12. The van der Waals surface area contributed by atoms with Gasteiger partial charge in [0.2, 0.25) is 0 Å². The van der Waals surface area contributed by atoms with Crippen molar-refractivity contribution in [2.75, 3.05) is 18.9 Å². The molecule has 10 nitrogen and oxygen atoms in total. The van der Waals surface area contributed by atoms with Gasteiger partial charge in [-0.15, -0.1) is 12.4 Å². The highest BCUT2D eigenvalue weighted by molar-refractivity contribution is 7.92. The minimum atomic E-state index is -4.03. The van der Waals surface area contributed by atoms with Crippen LogP contribution < -0.4 is 24.7 Å². The number of hydrogen-bond donors (Lipinski definition) is 2. The average Bonchev–Trinajstić information content (AvgIpc) is 3.57. The van der Waals surface area contributed by atoms with Crippen LogP contribution in [0, 0.1) is 0 Å². The minimum absolute atomic E-state index is 0. The molecule has 1 aliphatic carbocycles. The molecule has 0 atom stereocenters. The van der Waals surface area contributed by atoms with E-state index in [1.54, 1.807) is 30.5 Å². The lowest BCUT2D eigenvalue weighted by molar-refractivity contribution is 0.402. The zero-order valence-corrected chi connectivity index (χ0v) is 21.3. The van der Waals surface area contributed by atoms with Gasteiger partial charge < -0.3 is 24.5 Å². The summed E-state index contributed by atoms with van der Waals surface area (Å²) in [4.78, 5) is 5.09. The van der Waals surface area contributed by atoms with E-state index in [1.165, 1.54) is 25.6 Å². The van der Waals surface area contributed by atoms with Crippen LogP contribution in [0.5, 0.6) is 22.4 Å². The largest absolute Gasteiger partial charge is 0.496 e. The normalized spacial score (nSPS) is 12.8. The number of nitrogens with zero attached hydrogens (tertiary/aromatic N) is 2. The van der Waals surface area contributed by atoms with Crippen molar-refractivity contribution in [3.8, 4) is 22.4 Å². The number of methoxy groups -OCH3 is 2. The van der Waals surface area contributed by atoms with Gasteiger partial charge in [-0.2, -0.15) is 0 Å². The number of aromatic nitrogens is 2. The third-order valence-corrected chi connectivity index (χ3v) is 7.83. The molecular formula is C22H23ClN4O6S2. The highest BCUT2D eigenvalue weighted by Crippen LogP contribution is 2.40. The van der Waals surface area contributed by atoms with Crippen molar-refractivity contribution in [3.63, 3.8) is 0 Å². The van der Waals surface area contributed by atoms with Crippen molar-refractivity contribution in [1.82, 2.24) is 10.1 Å². The molecule has 0 bridgehead atoms.